The Labute approximate surface area is 127 Å². The fraction of sp³-hybridized carbons (Fsp3) is 1.00. The minimum Gasteiger partial charge on any atom is -0.313 e. The van der Waals surface area contributed by atoms with E-state index < -0.39 is 0 Å². The molecule has 0 aromatic heterocycles. The zero-order valence-corrected chi connectivity index (χ0v) is 14.8. The standard InChI is InChI=1S/C18H38N2/c1-14(2)17-8-7-9-18(11-10-17)19-12-13-20(15(3)4)16(5)6/h14-19H,7-13H2,1-6H3. The minimum atomic E-state index is 0.649. The first kappa shape index (κ1) is 18.0. The molecule has 1 saturated carbocycles. The van der Waals surface area contributed by atoms with Gasteiger partial charge in [0.25, 0.3) is 0 Å². The van der Waals surface area contributed by atoms with Crippen molar-refractivity contribution >= 4 is 0 Å². The summed E-state index contributed by atoms with van der Waals surface area (Å²) in [6, 6.07) is 2.06. The molecule has 0 aromatic rings. The Bertz CT molecular complexity index is 240. The Hall–Kier alpha value is -0.0800. The highest BCUT2D eigenvalue weighted by Gasteiger charge is 2.21. The van der Waals surface area contributed by atoms with Crippen molar-refractivity contribution in [2.75, 3.05) is 13.1 Å². The molecule has 2 nitrogen and oxygen atoms in total. The number of hydrogen-bond acceptors (Lipinski definition) is 2. The van der Waals surface area contributed by atoms with Gasteiger partial charge in [0, 0.05) is 31.2 Å². The van der Waals surface area contributed by atoms with Gasteiger partial charge in [0.1, 0.15) is 0 Å². The third-order valence-electron chi connectivity index (χ3n) is 5.09. The quantitative estimate of drug-likeness (QED) is 0.700. The molecule has 0 bridgehead atoms. The Balaban J connectivity index is 2.28. The van der Waals surface area contributed by atoms with Crippen LogP contribution in [0.3, 0.4) is 0 Å². The van der Waals surface area contributed by atoms with Gasteiger partial charge < -0.3 is 5.32 Å². The van der Waals surface area contributed by atoms with E-state index in [2.05, 4.69) is 51.8 Å². The summed E-state index contributed by atoms with van der Waals surface area (Å²) in [5.41, 5.74) is 0. The fourth-order valence-corrected chi connectivity index (χ4v) is 3.71. The molecule has 120 valence electrons. The summed E-state index contributed by atoms with van der Waals surface area (Å²) < 4.78 is 0. The van der Waals surface area contributed by atoms with Crippen molar-refractivity contribution in [3.63, 3.8) is 0 Å². The van der Waals surface area contributed by atoms with E-state index in [0.29, 0.717) is 12.1 Å². The second-order valence-corrected chi connectivity index (χ2v) is 7.59. The van der Waals surface area contributed by atoms with E-state index in [1.54, 1.807) is 0 Å². The van der Waals surface area contributed by atoms with E-state index in [-0.39, 0.29) is 0 Å². The SMILES string of the molecule is CC(C)C1CCCC(NCCN(C(C)C)C(C)C)CC1. The lowest BCUT2D eigenvalue weighted by atomic mass is 9.89. The fourth-order valence-electron chi connectivity index (χ4n) is 3.71. The molecule has 1 aliphatic carbocycles. The van der Waals surface area contributed by atoms with E-state index in [1.165, 1.54) is 38.6 Å². The first-order valence-electron chi connectivity index (χ1n) is 8.91. The van der Waals surface area contributed by atoms with Gasteiger partial charge >= 0.3 is 0 Å². The smallest absolute Gasteiger partial charge is 0.0112 e. The van der Waals surface area contributed by atoms with Gasteiger partial charge in [-0.2, -0.15) is 0 Å². The van der Waals surface area contributed by atoms with Crippen LogP contribution in [0.4, 0.5) is 0 Å². The number of nitrogens with zero attached hydrogens (tertiary/aromatic N) is 1. The molecule has 1 fully saturated rings. The maximum atomic E-state index is 3.82. The normalized spacial score (nSPS) is 24.9. The van der Waals surface area contributed by atoms with Gasteiger partial charge in [0.05, 0.1) is 0 Å². The molecule has 1 rings (SSSR count). The van der Waals surface area contributed by atoms with Gasteiger partial charge in [-0.05, 0) is 58.8 Å². The lowest BCUT2D eigenvalue weighted by Gasteiger charge is -2.31. The average Bonchev–Trinajstić information content (AvgIpc) is 2.59. The number of nitrogens with one attached hydrogen (secondary N) is 1. The predicted molar refractivity (Wildman–Crippen MR) is 90.2 cm³/mol. The zero-order valence-electron chi connectivity index (χ0n) is 14.8. The summed E-state index contributed by atoms with van der Waals surface area (Å²) in [5.74, 6) is 1.83. The van der Waals surface area contributed by atoms with Gasteiger partial charge in [0.15, 0.2) is 0 Å². The lowest BCUT2D eigenvalue weighted by Crippen LogP contribution is -2.43. The molecule has 20 heavy (non-hydrogen) atoms. The molecular formula is C18H38N2. The van der Waals surface area contributed by atoms with Crippen molar-refractivity contribution in [3.05, 3.63) is 0 Å². The molecule has 0 radical (unpaired) electrons. The van der Waals surface area contributed by atoms with Crippen LogP contribution in [-0.2, 0) is 0 Å². The predicted octanol–water partition coefficient (Wildman–Crippen LogP) is 4.30. The van der Waals surface area contributed by atoms with Crippen molar-refractivity contribution in [2.45, 2.75) is 91.8 Å². The summed E-state index contributed by atoms with van der Waals surface area (Å²) >= 11 is 0. The minimum absolute atomic E-state index is 0.649. The van der Waals surface area contributed by atoms with E-state index in [1.807, 2.05) is 0 Å². The van der Waals surface area contributed by atoms with Crippen molar-refractivity contribution < 1.29 is 0 Å². The Morgan fingerprint density at radius 2 is 1.55 bits per heavy atom. The molecule has 1 aliphatic rings. The molecule has 0 aromatic carbocycles. The third-order valence-corrected chi connectivity index (χ3v) is 5.09. The molecule has 2 atom stereocenters. The molecule has 2 heteroatoms. The van der Waals surface area contributed by atoms with Crippen molar-refractivity contribution in [3.8, 4) is 0 Å². The maximum Gasteiger partial charge on any atom is 0.0112 e. The second kappa shape index (κ2) is 9.04. The molecule has 1 N–H and O–H groups in total. The molecule has 0 aliphatic heterocycles. The van der Waals surface area contributed by atoms with Crippen LogP contribution in [0.5, 0.6) is 0 Å². The first-order valence-corrected chi connectivity index (χ1v) is 8.91. The molecule has 0 heterocycles. The van der Waals surface area contributed by atoms with Gasteiger partial charge in [-0.25, -0.2) is 0 Å². The third kappa shape index (κ3) is 6.13. The van der Waals surface area contributed by atoms with E-state index in [0.717, 1.165) is 24.4 Å². The van der Waals surface area contributed by atoms with Crippen LogP contribution in [0, 0.1) is 11.8 Å². The van der Waals surface area contributed by atoms with E-state index in [4.69, 9.17) is 0 Å². The van der Waals surface area contributed by atoms with Crippen molar-refractivity contribution in [1.29, 1.82) is 0 Å². The van der Waals surface area contributed by atoms with Crippen LogP contribution in [0.2, 0.25) is 0 Å². The van der Waals surface area contributed by atoms with E-state index >= 15 is 0 Å². The van der Waals surface area contributed by atoms with Crippen LogP contribution >= 0.6 is 0 Å². The van der Waals surface area contributed by atoms with Crippen molar-refractivity contribution in [2.24, 2.45) is 11.8 Å². The van der Waals surface area contributed by atoms with Crippen LogP contribution < -0.4 is 5.32 Å². The van der Waals surface area contributed by atoms with Crippen molar-refractivity contribution in [1.82, 2.24) is 10.2 Å². The molecule has 2 unspecified atom stereocenters. The molecule has 0 amide bonds. The van der Waals surface area contributed by atoms with Gasteiger partial charge in [0.2, 0.25) is 0 Å². The van der Waals surface area contributed by atoms with E-state index in [9.17, 15) is 0 Å². The zero-order chi connectivity index (χ0) is 15.1. The van der Waals surface area contributed by atoms with Gasteiger partial charge in [-0.3, -0.25) is 4.90 Å². The monoisotopic (exact) mass is 282 g/mol. The highest BCUT2D eigenvalue weighted by Crippen LogP contribution is 2.28. The summed E-state index contributed by atoms with van der Waals surface area (Å²) in [4.78, 5) is 2.58. The largest absolute Gasteiger partial charge is 0.313 e. The highest BCUT2D eigenvalue weighted by atomic mass is 15.2. The molecular weight excluding hydrogens is 244 g/mol. The summed E-state index contributed by atoms with van der Waals surface area (Å²) in [6.07, 6.45) is 7.05. The molecule has 0 saturated heterocycles. The van der Waals surface area contributed by atoms with Crippen LogP contribution in [0.15, 0.2) is 0 Å². The summed E-state index contributed by atoms with van der Waals surface area (Å²) in [5, 5.41) is 3.82. The Morgan fingerprint density at radius 1 is 0.900 bits per heavy atom. The number of rotatable bonds is 7. The molecule has 0 spiro atoms. The first-order chi connectivity index (χ1) is 9.41. The summed E-state index contributed by atoms with van der Waals surface area (Å²) in [7, 11) is 0. The topological polar surface area (TPSA) is 15.3 Å². The maximum absolute atomic E-state index is 3.82. The second-order valence-electron chi connectivity index (χ2n) is 7.59. The number of hydrogen-bond donors (Lipinski definition) is 1. The van der Waals surface area contributed by atoms with Crippen LogP contribution in [0.25, 0.3) is 0 Å². The average molecular weight is 283 g/mol. The Kier molecular flexibility index (Phi) is 8.13. The lowest BCUT2D eigenvalue weighted by molar-refractivity contribution is 0.173. The van der Waals surface area contributed by atoms with Gasteiger partial charge in [-0.1, -0.05) is 26.7 Å². The van der Waals surface area contributed by atoms with Gasteiger partial charge in [-0.15, -0.1) is 0 Å². The highest BCUT2D eigenvalue weighted by molar-refractivity contribution is 4.77. The van der Waals surface area contributed by atoms with Crippen LogP contribution in [0.1, 0.15) is 73.6 Å². The van der Waals surface area contributed by atoms with Crippen LogP contribution in [-0.4, -0.2) is 36.1 Å². The summed E-state index contributed by atoms with van der Waals surface area (Å²) in [6.45, 7) is 16.3. The Morgan fingerprint density at radius 3 is 2.10 bits per heavy atom.